The van der Waals surface area contributed by atoms with Crippen LogP contribution in [0.25, 0.3) is 0 Å². The first-order valence-corrected chi connectivity index (χ1v) is 3.90. The molecule has 12 heavy (non-hydrogen) atoms. The summed E-state index contributed by atoms with van der Waals surface area (Å²) < 4.78 is 0. The summed E-state index contributed by atoms with van der Waals surface area (Å²) in [5.41, 5.74) is 0.612. The molecule has 0 heterocycles. The molecule has 0 saturated carbocycles. The van der Waals surface area contributed by atoms with Gasteiger partial charge in [0.1, 0.15) is 5.76 Å². The van der Waals surface area contributed by atoms with E-state index in [1.54, 1.807) is 13.0 Å². The third-order valence-electron chi connectivity index (χ3n) is 1.33. The highest BCUT2D eigenvalue weighted by Crippen LogP contribution is 2.19. The van der Waals surface area contributed by atoms with Gasteiger partial charge in [-0.3, -0.25) is 0 Å². The van der Waals surface area contributed by atoms with Crippen molar-refractivity contribution in [1.29, 1.82) is 5.41 Å². The Balaban J connectivity index is 4.61. The molecule has 0 aliphatic heterocycles. The van der Waals surface area contributed by atoms with Crippen molar-refractivity contribution in [2.75, 3.05) is 0 Å². The van der Waals surface area contributed by atoms with Crippen LogP contribution in [0.15, 0.2) is 24.0 Å². The van der Waals surface area contributed by atoms with Crippen molar-refractivity contribution in [2.45, 2.75) is 27.7 Å². The van der Waals surface area contributed by atoms with Crippen LogP contribution in [-0.4, -0.2) is 10.8 Å². The number of hydrogen-bond acceptors (Lipinski definition) is 2. The molecule has 2 heteroatoms. The van der Waals surface area contributed by atoms with Gasteiger partial charge in [-0.05, 0) is 18.4 Å². The Labute approximate surface area is 74.1 Å². The number of allylic oxidation sites excluding steroid dienone is 2. The van der Waals surface area contributed by atoms with Gasteiger partial charge in [0.2, 0.25) is 0 Å². The van der Waals surface area contributed by atoms with E-state index < -0.39 is 0 Å². The van der Waals surface area contributed by atoms with Crippen LogP contribution < -0.4 is 0 Å². The van der Waals surface area contributed by atoms with Crippen molar-refractivity contribution in [2.24, 2.45) is 5.41 Å². The van der Waals surface area contributed by atoms with E-state index in [0.717, 1.165) is 0 Å². The fourth-order valence-corrected chi connectivity index (χ4v) is 0.689. The summed E-state index contributed by atoms with van der Waals surface area (Å²) in [6.45, 7) is 11.1. The first-order chi connectivity index (χ1) is 5.24. The molecule has 0 aromatic carbocycles. The maximum absolute atomic E-state index is 9.44. The van der Waals surface area contributed by atoms with Crippen molar-refractivity contribution in [3.8, 4) is 0 Å². The molecule has 0 aromatic heterocycles. The standard InChI is InChI=1S/C10H17NO/c1-7(8(2)11)9(12)6-10(3,4)5/h6,11-12H,1H2,2-5H3/b9-6+,11-8?. The Hall–Kier alpha value is -1.05. The fraction of sp³-hybridized carbons (Fsp3) is 0.500. The molecule has 0 aromatic rings. The lowest BCUT2D eigenvalue weighted by atomic mass is 9.94. The van der Waals surface area contributed by atoms with E-state index in [4.69, 9.17) is 5.41 Å². The van der Waals surface area contributed by atoms with Crippen LogP contribution in [-0.2, 0) is 0 Å². The van der Waals surface area contributed by atoms with Gasteiger partial charge >= 0.3 is 0 Å². The molecule has 0 saturated heterocycles. The van der Waals surface area contributed by atoms with Crippen LogP contribution in [0.5, 0.6) is 0 Å². The fourth-order valence-electron chi connectivity index (χ4n) is 0.689. The van der Waals surface area contributed by atoms with E-state index in [1.165, 1.54) is 0 Å². The predicted molar refractivity (Wildman–Crippen MR) is 52.7 cm³/mol. The molecule has 0 bridgehead atoms. The molecule has 0 aliphatic carbocycles. The number of nitrogens with one attached hydrogen (secondary N) is 1. The van der Waals surface area contributed by atoms with Crippen molar-refractivity contribution in [1.82, 2.24) is 0 Å². The molecule has 0 atom stereocenters. The molecule has 2 nitrogen and oxygen atoms in total. The van der Waals surface area contributed by atoms with Gasteiger partial charge in [0.05, 0.1) is 0 Å². The monoisotopic (exact) mass is 167 g/mol. The zero-order chi connectivity index (χ0) is 9.94. The molecule has 2 N–H and O–H groups in total. The summed E-state index contributed by atoms with van der Waals surface area (Å²) in [6.07, 6.45) is 1.70. The zero-order valence-electron chi connectivity index (χ0n) is 8.23. The summed E-state index contributed by atoms with van der Waals surface area (Å²) in [5, 5.41) is 16.7. The van der Waals surface area contributed by atoms with Gasteiger partial charge in [0, 0.05) is 11.3 Å². The van der Waals surface area contributed by atoms with E-state index in [2.05, 4.69) is 6.58 Å². The largest absolute Gasteiger partial charge is 0.508 e. The first kappa shape index (κ1) is 11.0. The van der Waals surface area contributed by atoms with E-state index in [1.807, 2.05) is 20.8 Å². The molecular weight excluding hydrogens is 150 g/mol. The second-order valence-corrected chi connectivity index (χ2v) is 4.00. The molecule has 0 spiro atoms. The maximum Gasteiger partial charge on any atom is 0.120 e. The second kappa shape index (κ2) is 3.57. The van der Waals surface area contributed by atoms with Crippen molar-refractivity contribution < 1.29 is 5.11 Å². The van der Waals surface area contributed by atoms with Gasteiger partial charge in [-0.1, -0.05) is 27.4 Å². The highest BCUT2D eigenvalue weighted by Gasteiger charge is 2.10. The number of rotatable bonds is 2. The van der Waals surface area contributed by atoms with Crippen LogP contribution >= 0.6 is 0 Å². The average Bonchev–Trinajstić information content (AvgIpc) is 1.82. The van der Waals surface area contributed by atoms with Crippen molar-refractivity contribution in [3.05, 3.63) is 24.0 Å². The van der Waals surface area contributed by atoms with Crippen molar-refractivity contribution >= 4 is 5.71 Å². The molecule has 0 aliphatic rings. The van der Waals surface area contributed by atoms with Gasteiger partial charge in [0.15, 0.2) is 0 Å². The minimum absolute atomic E-state index is 0.0809. The van der Waals surface area contributed by atoms with E-state index in [0.29, 0.717) is 11.3 Å². The third-order valence-corrected chi connectivity index (χ3v) is 1.33. The minimum atomic E-state index is -0.0809. The van der Waals surface area contributed by atoms with Crippen LogP contribution in [0.3, 0.4) is 0 Å². The van der Waals surface area contributed by atoms with E-state index in [9.17, 15) is 5.11 Å². The summed E-state index contributed by atoms with van der Waals surface area (Å²) in [6, 6.07) is 0. The van der Waals surface area contributed by atoms with Gasteiger partial charge in [0.25, 0.3) is 0 Å². The summed E-state index contributed by atoms with van der Waals surface area (Å²) in [7, 11) is 0. The zero-order valence-corrected chi connectivity index (χ0v) is 8.23. The maximum atomic E-state index is 9.44. The van der Waals surface area contributed by atoms with Crippen molar-refractivity contribution in [3.63, 3.8) is 0 Å². The topological polar surface area (TPSA) is 44.1 Å². The normalized spacial score (nSPS) is 12.8. The van der Waals surface area contributed by atoms with Gasteiger partial charge in [-0.2, -0.15) is 0 Å². The van der Waals surface area contributed by atoms with E-state index in [-0.39, 0.29) is 11.2 Å². The first-order valence-electron chi connectivity index (χ1n) is 3.90. The van der Waals surface area contributed by atoms with Gasteiger partial charge < -0.3 is 10.5 Å². The second-order valence-electron chi connectivity index (χ2n) is 4.00. The summed E-state index contributed by atoms with van der Waals surface area (Å²) in [5.74, 6) is 0.106. The molecular formula is C10H17NO. The number of hydrogen-bond donors (Lipinski definition) is 2. The summed E-state index contributed by atoms with van der Waals surface area (Å²) >= 11 is 0. The van der Waals surface area contributed by atoms with Gasteiger partial charge in [-0.25, -0.2) is 0 Å². The SMILES string of the molecule is C=C(C(C)=N)/C(O)=C\C(C)(C)C. The molecule has 0 radical (unpaired) electrons. The lowest BCUT2D eigenvalue weighted by Crippen LogP contribution is -2.05. The highest BCUT2D eigenvalue weighted by atomic mass is 16.3. The van der Waals surface area contributed by atoms with E-state index >= 15 is 0 Å². The lowest BCUT2D eigenvalue weighted by Gasteiger charge is -2.13. The van der Waals surface area contributed by atoms with Crippen LogP contribution in [0, 0.1) is 10.8 Å². The molecule has 0 amide bonds. The van der Waals surface area contributed by atoms with Crippen LogP contribution in [0.2, 0.25) is 0 Å². The Kier molecular flexibility index (Phi) is 3.25. The third kappa shape index (κ3) is 3.96. The van der Waals surface area contributed by atoms with Gasteiger partial charge in [-0.15, -0.1) is 0 Å². The minimum Gasteiger partial charge on any atom is -0.508 e. The van der Waals surface area contributed by atoms with Crippen LogP contribution in [0.4, 0.5) is 0 Å². The molecule has 68 valence electrons. The summed E-state index contributed by atoms with van der Waals surface area (Å²) in [4.78, 5) is 0. The number of aliphatic hydroxyl groups excluding tert-OH is 1. The average molecular weight is 167 g/mol. The molecule has 0 rings (SSSR count). The molecule has 0 fully saturated rings. The Morgan fingerprint density at radius 3 is 2.08 bits per heavy atom. The Morgan fingerprint density at radius 2 is 1.83 bits per heavy atom. The molecule has 0 unspecified atom stereocenters. The Bertz CT molecular complexity index is 231. The predicted octanol–water partition coefficient (Wildman–Crippen LogP) is 3.07. The Morgan fingerprint density at radius 1 is 1.42 bits per heavy atom. The quantitative estimate of drug-likeness (QED) is 0.370. The highest BCUT2D eigenvalue weighted by molar-refractivity contribution is 5.98. The lowest BCUT2D eigenvalue weighted by molar-refractivity contribution is 0.406. The van der Waals surface area contributed by atoms with Crippen LogP contribution in [0.1, 0.15) is 27.7 Å². The number of aliphatic hydroxyl groups is 1. The smallest absolute Gasteiger partial charge is 0.120 e.